The van der Waals surface area contributed by atoms with Crippen molar-refractivity contribution in [1.82, 2.24) is 20.1 Å². The first-order chi connectivity index (χ1) is 16.9. The second-order valence-corrected chi connectivity index (χ2v) is 9.05. The minimum Gasteiger partial charge on any atom is -0.355 e. The summed E-state index contributed by atoms with van der Waals surface area (Å²) in [6.45, 7) is -2.98. The van der Waals surface area contributed by atoms with E-state index in [9.17, 15) is 23.2 Å². The van der Waals surface area contributed by atoms with Crippen LogP contribution in [-0.4, -0.2) is 39.5 Å². The number of anilines is 3. The lowest BCUT2D eigenvalue weighted by molar-refractivity contribution is -0.117. The summed E-state index contributed by atoms with van der Waals surface area (Å²) in [6, 6.07) is 1.36. The Balaban J connectivity index is 1.50. The number of alkyl halides is 2. The number of hydrogen-bond donors (Lipinski definition) is 3. The molecule has 0 bridgehead atoms. The average Bonchev–Trinajstić information content (AvgIpc) is 3.68. The number of amides is 2. The number of carbonyl (C=O) groups excluding carboxylic acids is 2. The minimum absolute atomic E-state index is 0.0917. The molecule has 0 aromatic carbocycles. The second kappa shape index (κ2) is 7.87. The summed E-state index contributed by atoms with van der Waals surface area (Å²) in [5.41, 5.74) is -0.355. The van der Waals surface area contributed by atoms with Crippen LogP contribution in [0, 0.1) is 11.8 Å². The van der Waals surface area contributed by atoms with E-state index in [0.29, 0.717) is 4.70 Å². The van der Waals surface area contributed by atoms with Gasteiger partial charge in [0.05, 0.1) is 39.8 Å². The van der Waals surface area contributed by atoms with Gasteiger partial charge < -0.3 is 16.0 Å². The fraction of sp³-hybridized carbons (Fsp3) is 0.381. The van der Waals surface area contributed by atoms with Gasteiger partial charge in [0.25, 0.3) is 17.4 Å². The van der Waals surface area contributed by atoms with E-state index in [1.165, 1.54) is 23.6 Å². The quantitative estimate of drug-likeness (QED) is 0.482. The molecule has 1 unspecified atom stereocenters. The van der Waals surface area contributed by atoms with Gasteiger partial charge in [-0.25, -0.2) is 18.4 Å². The van der Waals surface area contributed by atoms with E-state index in [1.807, 2.05) is 5.32 Å². The van der Waals surface area contributed by atoms with Crippen molar-refractivity contribution in [2.24, 2.45) is 11.8 Å². The van der Waals surface area contributed by atoms with E-state index >= 15 is 0 Å². The third-order valence-corrected chi connectivity index (χ3v) is 6.58. The Labute approximate surface area is 194 Å². The summed E-state index contributed by atoms with van der Waals surface area (Å²) < 4.78 is 50.2. The molecule has 0 spiro atoms. The number of aromatic nitrogens is 3. The van der Waals surface area contributed by atoms with Crippen LogP contribution in [0.2, 0.25) is 0 Å². The van der Waals surface area contributed by atoms with Crippen LogP contribution < -0.4 is 21.5 Å². The van der Waals surface area contributed by atoms with Gasteiger partial charge in [0, 0.05) is 47.0 Å². The molecule has 2 aliphatic carbocycles. The van der Waals surface area contributed by atoms with Crippen molar-refractivity contribution >= 4 is 50.4 Å². The van der Waals surface area contributed by atoms with Gasteiger partial charge >= 0.3 is 0 Å². The minimum atomic E-state index is -2.81. The van der Waals surface area contributed by atoms with Crippen molar-refractivity contribution in [3.05, 3.63) is 39.8 Å². The fourth-order valence-electron chi connectivity index (χ4n) is 3.48. The SMILES string of the molecule is [2H]C([2H])([2H])NC(=O)c1cnc(NC(=O)C2CC2)cc1Nc1csc2cnn(CC3CC3(F)F)c(=O)c12. The van der Waals surface area contributed by atoms with Crippen molar-refractivity contribution in [2.45, 2.75) is 31.7 Å². The van der Waals surface area contributed by atoms with Crippen LogP contribution in [-0.2, 0) is 11.3 Å². The Morgan fingerprint density at radius 3 is 2.82 bits per heavy atom. The number of halogens is 2. The highest BCUT2D eigenvalue weighted by atomic mass is 32.1. The number of nitrogens with zero attached hydrogens (tertiary/aromatic N) is 3. The van der Waals surface area contributed by atoms with Crippen LogP contribution in [0.3, 0.4) is 0 Å². The van der Waals surface area contributed by atoms with Crippen LogP contribution in [0.4, 0.5) is 26.0 Å². The third-order valence-electron chi connectivity index (χ3n) is 5.66. The summed E-state index contributed by atoms with van der Waals surface area (Å²) in [6.07, 6.45) is 3.76. The molecule has 2 aliphatic rings. The topological polar surface area (TPSA) is 118 Å². The molecule has 0 radical (unpaired) electrons. The fourth-order valence-corrected chi connectivity index (χ4v) is 4.33. The summed E-state index contributed by atoms with van der Waals surface area (Å²) >= 11 is 1.18. The lowest BCUT2D eigenvalue weighted by Gasteiger charge is -2.13. The molecule has 0 aliphatic heterocycles. The third kappa shape index (κ3) is 4.17. The van der Waals surface area contributed by atoms with Gasteiger partial charge in [-0.15, -0.1) is 11.3 Å². The number of carbonyl (C=O) groups is 2. The molecule has 3 N–H and O–H groups in total. The van der Waals surface area contributed by atoms with Crippen molar-refractivity contribution in [2.75, 3.05) is 17.6 Å². The average molecular weight is 478 g/mol. The van der Waals surface area contributed by atoms with Crippen LogP contribution in [0.5, 0.6) is 0 Å². The molecule has 12 heteroatoms. The molecule has 172 valence electrons. The largest absolute Gasteiger partial charge is 0.355 e. The van der Waals surface area contributed by atoms with Crippen LogP contribution in [0.15, 0.2) is 28.6 Å². The molecule has 3 aromatic heterocycles. The monoisotopic (exact) mass is 477 g/mol. The number of thiophene rings is 1. The second-order valence-electron chi connectivity index (χ2n) is 8.14. The molecule has 3 heterocycles. The first kappa shape index (κ1) is 18.1. The molecule has 3 aromatic rings. The molecular weight excluding hydrogens is 454 g/mol. The van der Waals surface area contributed by atoms with E-state index in [-0.39, 0.29) is 52.9 Å². The highest BCUT2D eigenvalue weighted by Crippen LogP contribution is 2.49. The highest BCUT2D eigenvalue weighted by Gasteiger charge is 2.57. The maximum atomic E-state index is 13.4. The van der Waals surface area contributed by atoms with Crippen molar-refractivity contribution in [3.63, 3.8) is 0 Å². The predicted molar refractivity (Wildman–Crippen MR) is 119 cm³/mol. The Hall–Kier alpha value is -3.41. The van der Waals surface area contributed by atoms with Gasteiger partial charge in [0.2, 0.25) is 5.91 Å². The maximum Gasteiger partial charge on any atom is 0.277 e. The first-order valence-corrected chi connectivity index (χ1v) is 11.0. The molecule has 2 saturated carbocycles. The van der Waals surface area contributed by atoms with E-state index in [0.717, 1.165) is 23.7 Å². The van der Waals surface area contributed by atoms with E-state index in [2.05, 4.69) is 20.7 Å². The molecule has 5 rings (SSSR count). The smallest absolute Gasteiger partial charge is 0.277 e. The molecule has 1 atom stereocenters. The number of nitrogens with one attached hydrogen (secondary N) is 3. The van der Waals surface area contributed by atoms with E-state index < -0.39 is 30.3 Å². The summed E-state index contributed by atoms with van der Waals surface area (Å²) in [4.78, 5) is 42.0. The molecular formula is C21H20F2N6O3S. The zero-order valence-electron chi connectivity index (χ0n) is 20.0. The Morgan fingerprint density at radius 1 is 1.33 bits per heavy atom. The lowest BCUT2D eigenvalue weighted by Crippen LogP contribution is -2.24. The number of pyridine rings is 1. The summed E-state index contributed by atoms with van der Waals surface area (Å²) in [7, 11) is 0. The summed E-state index contributed by atoms with van der Waals surface area (Å²) in [5, 5.41) is 13.3. The first-order valence-electron chi connectivity index (χ1n) is 11.7. The van der Waals surface area contributed by atoms with Crippen LogP contribution >= 0.6 is 11.3 Å². The molecule has 0 saturated heterocycles. The van der Waals surface area contributed by atoms with Gasteiger partial charge in [-0.3, -0.25) is 14.4 Å². The van der Waals surface area contributed by atoms with Crippen molar-refractivity contribution in [3.8, 4) is 0 Å². The van der Waals surface area contributed by atoms with Crippen molar-refractivity contribution in [1.29, 1.82) is 0 Å². The molecule has 9 nitrogen and oxygen atoms in total. The van der Waals surface area contributed by atoms with Gasteiger partial charge in [-0.05, 0) is 12.8 Å². The number of rotatable bonds is 7. The van der Waals surface area contributed by atoms with Gasteiger partial charge in [0.1, 0.15) is 5.82 Å². The van der Waals surface area contributed by atoms with Crippen molar-refractivity contribution < 1.29 is 22.5 Å². The zero-order valence-corrected chi connectivity index (χ0v) is 17.8. The number of hydrogen-bond acceptors (Lipinski definition) is 7. The molecule has 2 fully saturated rings. The lowest BCUT2D eigenvalue weighted by atomic mass is 10.2. The molecule has 33 heavy (non-hydrogen) atoms. The van der Waals surface area contributed by atoms with Gasteiger partial charge in [-0.2, -0.15) is 5.10 Å². The van der Waals surface area contributed by atoms with E-state index in [1.54, 1.807) is 5.38 Å². The van der Waals surface area contributed by atoms with Crippen LogP contribution in [0.1, 0.15) is 33.7 Å². The van der Waals surface area contributed by atoms with E-state index in [4.69, 9.17) is 4.11 Å². The number of fused-ring (bicyclic) bond motifs is 1. The normalized spacial score (nSPS) is 20.4. The standard InChI is InChI=1S/C21H20F2N6O3S/c1-24-19(31)12-6-25-16(28-18(30)10-2-3-10)4-13(12)27-14-9-33-15-7-26-29(20(32)17(14)15)8-11-5-21(11,22)23/h4,6-7,9-11H,2-3,5,8H2,1H3,(H,24,31)(H2,25,27,28,30)/i1D3. The maximum absolute atomic E-state index is 13.4. The Kier molecular flexibility index (Phi) is 4.31. The Bertz CT molecular complexity index is 1440. The van der Waals surface area contributed by atoms with Crippen LogP contribution in [0.25, 0.3) is 10.1 Å². The summed E-state index contributed by atoms with van der Waals surface area (Å²) in [5.74, 6) is -4.90. The zero-order chi connectivity index (χ0) is 25.8. The molecule has 2 amide bonds. The highest BCUT2D eigenvalue weighted by molar-refractivity contribution is 7.17. The van der Waals surface area contributed by atoms with Gasteiger partial charge in [0.15, 0.2) is 0 Å². The van der Waals surface area contributed by atoms with Gasteiger partial charge in [-0.1, -0.05) is 0 Å². The predicted octanol–water partition coefficient (Wildman–Crippen LogP) is 2.96. The Morgan fingerprint density at radius 2 is 2.12 bits per heavy atom.